The number of aliphatic imine (C=N–C) groups is 1. The van der Waals surface area contributed by atoms with Crippen LogP contribution in [0.5, 0.6) is 0 Å². The molecular formula is C7H16IN5S. The minimum absolute atomic E-state index is 0. The maximum Gasteiger partial charge on any atom is 0.210 e. The molecule has 0 saturated heterocycles. The molecule has 0 bridgehead atoms. The van der Waals surface area contributed by atoms with Gasteiger partial charge in [0.15, 0.2) is 5.11 Å². The van der Waals surface area contributed by atoms with Crippen LogP contribution in [0.15, 0.2) is 4.99 Å². The van der Waals surface area contributed by atoms with Gasteiger partial charge in [-0.05, 0) is 25.1 Å². The van der Waals surface area contributed by atoms with Gasteiger partial charge in [0.2, 0.25) is 5.96 Å². The van der Waals surface area contributed by atoms with Crippen molar-refractivity contribution in [3.05, 3.63) is 0 Å². The van der Waals surface area contributed by atoms with Crippen LogP contribution in [0.3, 0.4) is 0 Å². The molecule has 1 aliphatic rings. The second kappa shape index (κ2) is 7.04. The second-order valence-corrected chi connectivity index (χ2v) is 3.29. The van der Waals surface area contributed by atoms with Crippen LogP contribution in [0.1, 0.15) is 12.8 Å². The molecule has 1 aliphatic heterocycles. The number of nitrogens with two attached hydrogens (primary N) is 1. The highest BCUT2D eigenvalue weighted by molar-refractivity contribution is 14.0. The summed E-state index contributed by atoms with van der Waals surface area (Å²) in [6.45, 7) is 1.79. The summed E-state index contributed by atoms with van der Waals surface area (Å²) in [5, 5.41) is 5.01. The zero-order chi connectivity index (χ0) is 9.68. The molecule has 1 heterocycles. The largest absolute Gasteiger partial charge is 0.375 e. The topological polar surface area (TPSA) is 65.7 Å². The van der Waals surface area contributed by atoms with E-state index in [-0.39, 0.29) is 24.0 Å². The van der Waals surface area contributed by atoms with Crippen molar-refractivity contribution in [2.75, 3.05) is 20.1 Å². The standard InChI is InChI=1S/C7H15N5S.HI/c1-12(6(8)13)11-7-9-4-2-3-5-10-7;/h2-5H2,1H3,(H2,8,13)(H2,9,10,11);1H. The maximum atomic E-state index is 5.40. The molecule has 0 saturated carbocycles. The second-order valence-electron chi connectivity index (χ2n) is 2.87. The van der Waals surface area contributed by atoms with Crippen LogP contribution in [0.2, 0.25) is 0 Å². The molecule has 0 amide bonds. The third-order valence-corrected chi connectivity index (χ3v) is 2.03. The van der Waals surface area contributed by atoms with E-state index in [9.17, 15) is 0 Å². The first-order valence-corrected chi connectivity index (χ1v) is 4.69. The lowest BCUT2D eigenvalue weighted by atomic mass is 10.3. The predicted molar refractivity (Wildman–Crippen MR) is 72.6 cm³/mol. The quantitative estimate of drug-likeness (QED) is 0.332. The van der Waals surface area contributed by atoms with E-state index in [4.69, 9.17) is 18.0 Å². The summed E-state index contributed by atoms with van der Waals surface area (Å²) < 4.78 is 0. The van der Waals surface area contributed by atoms with Gasteiger partial charge >= 0.3 is 0 Å². The summed E-state index contributed by atoms with van der Waals surface area (Å²) >= 11 is 4.78. The number of nitrogens with zero attached hydrogens (tertiary/aromatic N) is 2. The molecule has 0 radical (unpaired) electrons. The van der Waals surface area contributed by atoms with E-state index < -0.39 is 0 Å². The van der Waals surface area contributed by atoms with E-state index in [0.717, 1.165) is 31.9 Å². The summed E-state index contributed by atoms with van der Waals surface area (Å²) in [6, 6.07) is 0. The number of thiocarbonyl (C=S) groups is 1. The zero-order valence-corrected chi connectivity index (χ0v) is 11.3. The first-order valence-electron chi connectivity index (χ1n) is 4.28. The van der Waals surface area contributed by atoms with Gasteiger partial charge in [-0.25, -0.2) is 0 Å². The number of guanidine groups is 1. The maximum absolute atomic E-state index is 5.40. The first kappa shape index (κ1) is 13.7. The molecule has 0 fully saturated rings. The molecule has 0 aromatic heterocycles. The molecule has 0 aromatic rings. The highest BCUT2D eigenvalue weighted by atomic mass is 127. The molecule has 0 aromatic carbocycles. The van der Waals surface area contributed by atoms with Gasteiger partial charge in [-0.3, -0.25) is 15.4 Å². The Morgan fingerprint density at radius 1 is 1.64 bits per heavy atom. The minimum atomic E-state index is 0. The Morgan fingerprint density at radius 3 is 3.00 bits per heavy atom. The Labute approximate surface area is 106 Å². The Kier molecular flexibility index (Phi) is 6.89. The van der Waals surface area contributed by atoms with Crippen LogP contribution >= 0.6 is 36.2 Å². The minimum Gasteiger partial charge on any atom is -0.375 e. The van der Waals surface area contributed by atoms with Crippen LogP contribution in [0.25, 0.3) is 0 Å². The molecule has 4 N–H and O–H groups in total. The van der Waals surface area contributed by atoms with E-state index in [0.29, 0.717) is 5.11 Å². The van der Waals surface area contributed by atoms with E-state index in [2.05, 4.69) is 15.7 Å². The first-order chi connectivity index (χ1) is 6.20. The molecule has 0 atom stereocenters. The lowest BCUT2D eigenvalue weighted by Crippen LogP contribution is -2.50. The molecule has 0 spiro atoms. The average molecular weight is 329 g/mol. The van der Waals surface area contributed by atoms with Crippen molar-refractivity contribution >= 4 is 47.3 Å². The van der Waals surface area contributed by atoms with E-state index in [1.165, 1.54) is 0 Å². The van der Waals surface area contributed by atoms with Gasteiger partial charge in [-0.1, -0.05) is 0 Å². The Bertz CT molecular complexity index is 220. The molecule has 0 aliphatic carbocycles. The van der Waals surface area contributed by atoms with Gasteiger partial charge in [-0.2, -0.15) is 0 Å². The van der Waals surface area contributed by atoms with Crippen LogP contribution in [0.4, 0.5) is 0 Å². The van der Waals surface area contributed by atoms with E-state index in [1.54, 1.807) is 12.1 Å². The number of rotatable bonds is 0. The third kappa shape index (κ3) is 4.80. The van der Waals surface area contributed by atoms with Crippen molar-refractivity contribution in [3.63, 3.8) is 0 Å². The number of nitrogens with one attached hydrogen (secondary N) is 2. The lowest BCUT2D eigenvalue weighted by Gasteiger charge is -2.20. The van der Waals surface area contributed by atoms with E-state index >= 15 is 0 Å². The monoisotopic (exact) mass is 329 g/mol. The van der Waals surface area contributed by atoms with Crippen LogP contribution in [-0.4, -0.2) is 36.2 Å². The highest BCUT2D eigenvalue weighted by Crippen LogP contribution is 1.92. The van der Waals surface area contributed by atoms with E-state index in [1.807, 2.05) is 0 Å². The van der Waals surface area contributed by atoms with Crippen LogP contribution in [0, 0.1) is 0 Å². The van der Waals surface area contributed by atoms with Crippen molar-refractivity contribution in [2.24, 2.45) is 10.7 Å². The Morgan fingerprint density at radius 2 is 2.36 bits per heavy atom. The van der Waals surface area contributed by atoms with Gasteiger partial charge < -0.3 is 11.1 Å². The predicted octanol–water partition coefficient (Wildman–Crippen LogP) is 0.0238. The normalized spacial score (nSPS) is 15.4. The van der Waals surface area contributed by atoms with Gasteiger partial charge in [-0.15, -0.1) is 24.0 Å². The highest BCUT2D eigenvalue weighted by Gasteiger charge is 2.05. The summed E-state index contributed by atoms with van der Waals surface area (Å²) in [6.07, 6.45) is 2.26. The fraction of sp³-hybridized carbons (Fsp3) is 0.714. The fourth-order valence-electron chi connectivity index (χ4n) is 0.979. The Balaban J connectivity index is 0.00000169. The number of halogens is 1. The van der Waals surface area contributed by atoms with Crippen molar-refractivity contribution in [2.45, 2.75) is 12.8 Å². The smallest absolute Gasteiger partial charge is 0.210 e. The summed E-state index contributed by atoms with van der Waals surface area (Å²) in [7, 11) is 1.76. The molecular weight excluding hydrogens is 313 g/mol. The number of hydrogen-bond donors (Lipinski definition) is 3. The van der Waals surface area contributed by atoms with Gasteiger partial charge in [0.05, 0.1) is 0 Å². The summed E-state index contributed by atoms with van der Waals surface area (Å²) in [4.78, 5) is 4.28. The zero-order valence-electron chi connectivity index (χ0n) is 8.12. The van der Waals surface area contributed by atoms with Crippen LogP contribution < -0.4 is 16.5 Å². The molecule has 1 rings (SSSR count). The fourth-order valence-corrected chi connectivity index (χ4v) is 1.02. The van der Waals surface area contributed by atoms with Crippen molar-refractivity contribution < 1.29 is 0 Å². The van der Waals surface area contributed by atoms with Gasteiger partial charge in [0.1, 0.15) is 0 Å². The van der Waals surface area contributed by atoms with Gasteiger partial charge in [0, 0.05) is 20.1 Å². The van der Waals surface area contributed by atoms with Crippen molar-refractivity contribution in [3.8, 4) is 0 Å². The van der Waals surface area contributed by atoms with Crippen LogP contribution in [-0.2, 0) is 0 Å². The average Bonchev–Trinajstić information content (AvgIpc) is 2.32. The van der Waals surface area contributed by atoms with Crippen molar-refractivity contribution in [1.82, 2.24) is 15.8 Å². The van der Waals surface area contributed by atoms with Gasteiger partial charge in [0.25, 0.3) is 0 Å². The Hall–Kier alpha value is -0.310. The summed E-state index contributed by atoms with van der Waals surface area (Å²) in [5.74, 6) is 0.743. The SMILES string of the molecule is CN(NC1=NCCCCN1)C(N)=S.I. The third-order valence-electron chi connectivity index (χ3n) is 1.75. The summed E-state index contributed by atoms with van der Waals surface area (Å²) in [5.41, 5.74) is 8.37. The molecule has 0 unspecified atom stereocenters. The molecule has 7 heteroatoms. The molecule has 5 nitrogen and oxygen atoms in total. The molecule has 14 heavy (non-hydrogen) atoms. The number of hydrogen-bond acceptors (Lipinski definition) is 4. The lowest BCUT2D eigenvalue weighted by molar-refractivity contribution is 0.451. The number of hydrazine groups is 1. The molecule has 82 valence electrons. The van der Waals surface area contributed by atoms with Crippen molar-refractivity contribution in [1.29, 1.82) is 0 Å².